The molecule has 2 N–H and O–H groups in total. The maximum absolute atomic E-state index is 12.7. The average Bonchev–Trinajstić information content (AvgIpc) is 2.99. The Labute approximate surface area is 221 Å². The zero-order valence-corrected chi connectivity index (χ0v) is 21.9. The van der Waals surface area contributed by atoms with Crippen LogP contribution in [0.3, 0.4) is 0 Å². The third kappa shape index (κ3) is 6.02. The van der Waals surface area contributed by atoms with Gasteiger partial charge in [0.2, 0.25) is 11.8 Å². The summed E-state index contributed by atoms with van der Waals surface area (Å²) in [6, 6.07) is 4.76. The van der Waals surface area contributed by atoms with Crippen LogP contribution in [0.5, 0.6) is 0 Å². The molecule has 0 atom stereocenters. The minimum Gasteiger partial charge on any atom is -0.341 e. The highest BCUT2D eigenvalue weighted by Crippen LogP contribution is 2.29. The number of likely N-dealkylation sites (tertiary alicyclic amines) is 1. The van der Waals surface area contributed by atoms with E-state index in [4.69, 9.17) is 23.2 Å². The van der Waals surface area contributed by atoms with Gasteiger partial charge in [0.15, 0.2) is 0 Å². The summed E-state index contributed by atoms with van der Waals surface area (Å²) in [5.74, 6) is -0.303. The van der Waals surface area contributed by atoms with E-state index in [0.29, 0.717) is 55.5 Å². The molecule has 0 saturated carbocycles. The molecular weight excluding hydrogens is 505 g/mol. The molecule has 0 aliphatic carbocycles. The average molecular weight is 537 g/mol. The van der Waals surface area contributed by atoms with E-state index in [1.54, 1.807) is 29.2 Å². The fourth-order valence-electron chi connectivity index (χ4n) is 5.12. The first-order chi connectivity index (χ1) is 17.1. The molecule has 9 nitrogen and oxygen atoms in total. The highest BCUT2D eigenvalue weighted by atomic mass is 35.5. The zero-order chi connectivity index (χ0) is 25.9. The van der Waals surface area contributed by atoms with Crippen molar-refractivity contribution in [3.63, 3.8) is 0 Å². The number of imide groups is 1. The van der Waals surface area contributed by atoms with Gasteiger partial charge in [-0.3, -0.25) is 19.7 Å². The molecule has 4 rings (SSSR count). The topological polar surface area (TPSA) is 98.8 Å². The van der Waals surface area contributed by atoms with Gasteiger partial charge in [-0.2, -0.15) is 0 Å². The predicted molar refractivity (Wildman–Crippen MR) is 137 cm³/mol. The highest BCUT2D eigenvalue weighted by Gasteiger charge is 2.51. The van der Waals surface area contributed by atoms with Crippen molar-refractivity contribution >= 4 is 53.0 Å². The van der Waals surface area contributed by atoms with Crippen LogP contribution in [0.15, 0.2) is 24.3 Å². The third-order valence-electron chi connectivity index (χ3n) is 7.56. The monoisotopic (exact) mass is 536 g/mol. The van der Waals surface area contributed by atoms with E-state index < -0.39 is 11.6 Å². The lowest BCUT2D eigenvalue weighted by atomic mass is 9.86. The Hall–Kier alpha value is -2.62. The second-order valence-corrected chi connectivity index (χ2v) is 10.9. The van der Waals surface area contributed by atoms with Crippen molar-refractivity contribution in [2.24, 2.45) is 0 Å². The Kier molecular flexibility index (Phi) is 7.92. The summed E-state index contributed by atoms with van der Waals surface area (Å²) in [5, 5.41) is 6.04. The molecule has 3 aliphatic rings. The van der Waals surface area contributed by atoms with Crippen LogP contribution in [0, 0.1) is 0 Å². The summed E-state index contributed by atoms with van der Waals surface area (Å²) in [6.07, 6.45) is 5.55. The normalized spacial score (nSPS) is 26.9. The van der Waals surface area contributed by atoms with Gasteiger partial charge >= 0.3 is 6.03 Å². The number of hydrogen-bond donors (Lipinski definition) is 2. The number of nitrogens with zero attached hydrogens (tertiary/aromatic N) is 3. The molecule has 1 aromatic carbocycles. The maximum Gasteiger partial charge on any atom is 0.322 e. The maximum atomic E-state index is 12.7. The molecule has 0 aromatic heterocycles. The molecule has 1 spiro atoms. The summed E-state index contributed by atoms with van der Waals surface area (Å²) in [5.41, 5.74) is 0.0151. The molecule has 11 heteroatoms. The van der Waals surface area contributed by atoms with Gasteiger partial charge in [0, 0.05) is 57.9 Å². The number of benzene rings is 1. The lowest BCUT2D eigenvalue weighted by molar-refractivity contribution is -0.915. The second kappa shape index (κ2) is 10.8. The van der Waals surface area contributed by atoms with Crippen molar-refractivity contribution in [2.75, 3.05) is 52.9 Å². The van der Waals surface area contributed by atoms with Gasteiger partial charge in [0.1, 0.15) is 5.54 Å². The summed E-state index contributed by atoms with van der Waals surface area (Å²) in [4.78, 5) is 52.7. The first-order valence-electron chi connectivity index (χ1n) is 12.3. The molecule has 3 heterocycles. The number of rotatable bonds is 6. The molecule has 5 amide bonds. The number of carbonyl (C=O) groups excluding carboxylic acids is 4. The van der Waals surface area contributed by atoms with Crippen LogP contribution in [0.2, 0.25) is 10.0 Å². The zero-order valence-electron chi connectivity index (χ0n) is 20.4. The van der Waals surface area contributed by atoms with Gasteiger partial charge in [-0.25, -0.2) is 4.79 Å². The minimum absolute atomic E-state index is 0.0596. The molecule has 3 aliphatic heterocycles. The third-order valence-corrected chi connectivity index (χ3v) is 8.30. The first kappa shape index (κ1) is 26.4. The van der Waals surface area contributed by atoms with E-state index >= 15 is 0 Å². The fraction of sp³-hybridized carbons (Fsp3) is 0.520. The van der Waals surface area contributed by atoms with Crippen molar-refractivity contribution in [1.82, 2.24) is 20.4 Å². The molecule has 36 heavy (non-hydrogen) atoms. The molecule has 0 radical (unpaired) electrons. The molecule has 3 fully saturated rings. The molecular formula is C25H32Cl2N5O4+. The lowest BCUT2D eigenvalue weighted by Crippen LogP contribution is -2.61. The number of piperidine rings is 1. The number of carbonyl (C=O) groups is 4. The summed E-state index contributed by atoms with van der Waals surface area (Å²) >= 11 is 12.0. The van der Waals surface area contributed by atoms with Crippen molar-refractivity contribution in [3.05, 3.63) is 39.9 Å². The molecule has 0 unspecified atom stereocenters. The largest absolute Gasteiger partial charge is 0.341 e. The molecule has 194 valence electrons. The molecule has 0 bridgehead atoms. The second-order valence-electron chi connectivity index (χ2n) is 10.1. The van der Waals surface area contributed by atoms with E-state index in [1.807, 2.05) is 4.90 Å². The van der Waals surface area contributed by atoms with Gasteiger partial charge in [-0.15, -0.1) is 0 Å². The van der Waals surface area contributed by atoms with E-state index in [9.17, 15) is 19.2 Å². The number of halogens is 2. The van der Waals surface area contributed by atoms with Crippen LogP contribution in [0.25, 0.3) is 6.08 Å². The lowest BCUT2D eigenvalue weighted by Gasteiger charge is -2.43. The van der Waals surface area contributed by atoms with Crippen LogP contribution in [0.1, 0.15) is 31.2 Å². The van der Waals surface area contributed by atoms with Gasteiger partial charge in [-0.05, 0) is 23.8 Å². The summed E-state index contributed by atoms with van der Waals surface area (Å²) < 4.78 is 0.803. The van der Waals surface area contributed by atoms with Crippen LogP contribution < -0.4 is 10.6 Å². The molecule has 3 saturated heterocycles. The van der Waals surface area contributed by atoms with E-state index in [2.05, 4.69) is 17.7 Å². The smallest absolute Gasteiger partial charge is 0.322 e. The number of quaternary nitrogens is 1. The summed E-state index contributed by atoms with van der Waals surface area (Å²) in [7, 11) is 2.16. The SMILES string of the molecule is C[N+]1(CCCN2CCN(C(=O)/C=C/c3ccc(Cl)c(Cl)c3)CCC2=O)CCC2(CC1)NC(=O)NC2=O. The highest BCUT2D eigenvalue weighted by molar-refractivity contribution is 6.42. The van der Waals surface area contributed by atoms with Gasteiger partial charge in [0.05, 0.1) is 36.7 Å². The van der Waals surface area contributed by atoms with Crippen molar-refractivity contribution in [2.45, 2.75) is 31.2 Å². The standard InChI is InChI=1S/C25H31Cl2N5O4/c1-32(15-8-25(9-16-32)23(35)28-24(36)29-25)14-2-10-30-12-13-31(11-7-22(30)34)21(33)6-4-18-3-5-19(26)20(27)17-18/h3-6,17H,2,7-16H2,1H3,(H-,28,29,35,36)/p+1/b6-4+. The predicted octanol–water partition coefficient (Wildman–Crippen LogP) is 2.28. The van der Waals surface area contributed by atoms with Crippen molar-refractivity contribution in [1.29, 1.82) is 0 Å². The van der Waals surface area contributed by atoms with Gasteiger partial charge in [-0.1, -0.05) is 29.3 Å². The fourth-order valence-corrected chi connectivity index (χ4v) is 5.42. The number of urea groups is 1. The van der Waals surface area contributed by atoms with Crippen LogP contribution >= 0.6 is 23.2 Å². The summed E-state index contributed by atoms with van der Waals surface area (Å²) in [6.45, 7) is 4.47. The Bertz CT molecular complexity index is 1080. The Balaban J connectivity index is 1.24. The van der Waals surface area contributed by atoms with Crippen molar-refractivity contribution in [3.8, 4) is 0 Å². The van der Waals surface area contributed by atoms with Crippen LogP contribution in [-0.2, 0) is 14.4 Å². The Morgan fingerprint density at radius 2 is 1.86 bits per heavy atom. The van der Waals surface area contributed by atoms with E-state index in [1.165, 1.54) is 6.08 Å². The Morgan fingerprint density at radius 3 is 2.53 bits per heavy atom. The quantitative estimate of drug-likeness (QED) is 0.331. The number of nitrogens with one attached hydrogen (secondary N) is 2. The van der Waals surface area contributed by atoms with E-state index in [0.717, 1.165) is 36.1 Å². The first-order valence-corrected chi connectivity index (χ1v) is 13.0. The molecule has 1 aromatic rings. The minimum atomic E-state index is -0.764. The van der Waals surface area contributed by atoms with Crippen LogP contribution in [0.4, 0.5) is 4.79 Å². The van der Waals surface area contributed by atoms with Gasteiger partial charge < -0.3 is 19.6 Å². The van der Waals surface area contributed by atoms with Crippen molar-refractivity contribution < 1.29 is 23.7 Å². The number of amides is 5. The van der Waals surface area contributed by atoms with E-state index in [-0.39, 0.29) is 17.7 Å². The van der Waals surface area contributed by atoms with Gasteiger partial charge in [0.25, 0.3) is 5.91 Å². The Morgan fingerprint density at radius 1 is 1.11 bits per heavy atom. The number of hydrogen-bond acceptors (Lipinski definition) is 4. The van der Waals surface area contributed by atoms with Crippen LogP contribution in [-0.4, -0.2) is 96.4 Å².